The van der Waals surface area contributed by atoms with Crippen LogP contribution in [0.2, 0.25) is 0 Å². The van der Waals surface area contributed by atoms with Crippen molar-refractivity contribution in [3.05, 3.63) is 0 Å². The summed E-state index contributed by atoms with van der Waals surface area (Å²) in [7, 11) is -9.33. The van der Waals surface area contributed by atoms with E-state index in [2.05, 4.69) is 17.9 Å². The summed E-state index contributed by atoms with van der Waals surface area (Å²) in [5, 5.41) is 3.03. The van der Waals surface area contributed by atoms with E-state index in [1.54, 1.807) is 0 Å². The maximum atomic E-state index is 11.2. The van der Waals surface area contributed by atoms with Gasteiger partial charge in [-0.1, -0.05) is 6.92 Å². The molecule has 1 aliphatic rings. The number of thiol groups is 1. The van der Waals surface area contributed by atoms with E-state index < -0.39 is 33.4 Å². The molecule has 0 aromatic rings. The van der Waals surface area contributed by atoms with Crippen molar-refractivity contribution in [2.45, 2.75) is 30.7 Å². The molecule has 1 saturated heterocycles. The molecule has 8 nitrogen and oxygen atoms in total. The van der Waals surface area contributed by atoms with Gasteiger partial charge < -0.3 is 24.3 Å². The van der Waals surface area contributed by atoms with E-state index >= 15 is 0 Å². The zero-order valence-electron chi connectivity index (χ0n) is 10.3. The molecule has 0 saturated carbocycles. The molecular formula is C8H19NO7P2S. The Morgan fingerprint density at radius 3 is 2.37 bits per heavy atom. The predicted molar refractivity (Wildman–Crippen MR) is 72.2 cm³/mol. The second-order valence-corrected chi connectivity index (χ2v) is 8.90. The molecule has 4 unspecified atom stereocenters. The van der Waals surface area contributed by atoms with Crippen LogP contribution >= 0.6 is 27.8 Å². The molecule has 0 radical (unpaired) electrons. The average molecular weight is 335 g/mol. The zero-order chi connectivity index (χ0) is 14.8. The highest BCUT2D eigenvalue weighted by Gasteiger charge is 2.39. The molecule has 114 valence electrons. The lowest BCUT2D eigenvalue weighted by atomic mass is 9.99. The van der Waals surface area contributed by atoms with Gasteiger partial charge in [-0.05, 0) is 12.3 Å². The van der Waals surface area contributed by atoms with Crippen molar-refractivity contribution in [3.8, 4) is 0 Å². The lowest BCUT2D eigenvalue weighted by Gasteiger charge is -2.35. The fraction of sp³-hybridized carbons (Fsp3) is 1.00. The zero-order valence-corrected chi connectivity index (χ0v) is 13.0. The van der Waals surface area contributed by atoms with Gasteiger partial charge in [-0.25, -0.2) is 0 Å². The van der Waals surface area contributed by atoms with Crippen molar-refractivity contribution in [1.29, 1.82) is 0 Å². The molecule has 0 aromatic carbocycles. The number of hydrogen-bond acceptors (Lipinski definition) is 5. The molecule has 0 bridgehead atoms. The van der Waals surface area contributed by atoms with Crippen LogP contribution in [0.4, 0.5) is 0 Å². The first-order valence-electron chi connectivity index (χ1n) is 5.66. The molecular weight excluding hydrogens is 316 g/mol. The van der Waals surface area contributed by atoms with Crippen molar-refractivity contribution in [1.82, 2.24) is 5.32 Å². The van der Waals surface area contributed by atoms with E-state index in [0.29, 0.717) is 13.0 Å². The summed E-state index contributed by atoms with van der Waals surface area (Å²) in [5.74, 6) is -1.88. The third-order valence-corrected chi connectivity index (χ3v) is 5.33. The Bertz CT molecular complexity index is 397. The first-order chi connectivity index (χ1) is 8.49. The Kier molecular flexibility index (Phi) is 6.08. The van der Waals surface area contributed by atoms with Gasteiger partial charge in [-0.15, -0.1) is 0 Å². The van der Waals surface area contributed by atoms with Crippen molar-refractivity contribution < 1.29 is 33.4 Å². The van der Waals surface area contributed by atoms with E-state index in [1.807, 2.05) is 6.92 Å². The van der Waals surface area contributed by atoms with Crippen LogP contribution in [0.1, 0.15) is 13.3 Å². The molecule has 19 heavy (non-hydrogen) atoms. The maximum absolute atomic E-state index is 11.2. The van der Waals surface area contributed by atoms with Crippen LogP contribution in [0.15, 0.2) is 0 Å². The second kappa shape index (κ2) is 6.56. The average Bonchev–Trinajstić information content (AvgIpc) is 2.17. The fourth-order valence-electron chi connectivity index (χ4n) is 1.87. The first kappa shape index (κ1) is 17.6. The smallest absolute Gasteiger partial charge is 0.347 e. The van der Waals surface area contributed by atoms with Crippen LogP contribution in [-0.2, 0) is 13.9 Å². The third-order valence-electron chi connectivity index (χ3n) is 2.79. The van der Waals surface area contributed by atoms with Crippen LogP contribution < -0.4 is 5.32 Å². The largest absolute Gasteiger partial charge is 0.354 e. The van der Waals surface area contributed by atoms with Crippen LogP contribution in [0, 0.1) is 5.92 Å². The summed E-state index contributed by atoms with van der Waals surface area (Å²) in [5.41, 5.74) is 0. The van der Waals surface area contributed by atoms with Crippen molar-refractivity contribution in [3.63, 3.8) is 0 Å². The number of ether oxygens (including phenoxy) is 1. The molecule has 1 fully saturated rings. The van der Waals surface area contributed by atoms with Crippen LogP contribution in [0.3, 0.4) is 0 Å². The Labute approximate surface area is 116 Å². The first-order valence-corrected chi connectivity index (χ1v) is 9.65. The lowest BCUT2D eigenvalue weighted by Crippen LogP contribution is -2.48. The minimum atomic E-state index is -4.75. The van der Waals surface area contributed by atoms with Crippen molar-refractivity contribution in [2.24, 2.45) is 5.92 Å². The number of hydrogen-bond donors (Lipinski definition) is 6. The van der Waals surface area contributed by atoms with Crippen LogP contribution in [-0.4, -0.2) is 49.6 Å². The van der Waals surface area contributed by atoms with E-state index in [4.69, 9.17) is 24.3 Å². The molecule has 11 heteroatoms. The van der Waals surface area contributed by atoms with Crippen molar-refractivity contribution in [2.75, 3.05) is 12.7 Å². The highest BCUT2D eigenvalue weighted by Crippen LogP contribution is 2.50. The maximum Gasteiger partial charge on any atom is 0.354 e. The van der Waals surface area contributed by atoms with E-state index in [-0.39, 0.29) is 11.2 Å². The predicted octanol–water partition coefficient (Wildman–Crippen LogP) is -0.0616. The number of nitrogens with one attached hydrogen (secondary N) is 1. The minimum Gasteiger partial charge on any atom is -0.347 e. The monoisotopic (exact) mass is 335 g/mol. The van der Waals surface area contributed by atoms with Crippen molar-refractivity contribution >= 4 is 27.8 Å². The molecule has 5 N–H and O–H groups in total. The Morgan fingerprint density at radius 2 is 1.95 bits per heavy atom. The third kappa shape index (κ3) is 6.25. The van der Waals surface area contributed by atoms with Gasteiger partial charge in [0.2, 0.25) is 0 Å². The summed E-state index contributed by atoms with van der Waals surface area (Å²) in [6.07, 6.45) is -0.982. The Balaban J connectivity index is 2.73. The Hall–Kier alpha value is 0.570. The van der Waals surface area contributed by atoms with Gasteiger partial charge in [0.15, 0.2) is 5.85 Å². The van der Waals surface area contributed by atoms with E-state index in [0.717, 1.165) is 0 Å². The van der Waals surface area contributed by atoms with Crippen LogP contribution in [0.25, 0.3) is 0 Å². The molecule has 0 amide bonds. The van der Waals surface area contributed by atoms with Gasteiger partial charge in [0.1, 0.15) is 6.23 Å². The topological polar surface area (TPSA) is 136 Å². The van der Waals surface area contributed by atoms with E-state index in [9.17, 15) is 9.13 Å². The fourth-order valence-corrected chi connectivity index (χ4v) is 4.58. The molecule has 0 spiro atoms. The Morgan fingerprint density at radius 1 is 1.37 bits per heavy atom. The summed E-state index contributed by atoms with van der Waals surface area (Å²) >= 11 is 4.28. The molecule has 1 rings (SSSR count). The standard InChI is InChI=1S/C8H19NO7P2S/c1-5-2-6(19)3-9-8(5)16-7(18(13,14)15)4-17(10,11)12/h5-9,19H,2-4H2,1H3,(H2,10,11,12)(H2,13,14,15). The molecule has 4 atom stereocenters. The summed E-state index contributed by atoms with van der Waals surface area (Å²) < 4.78 is 27.3. The number of piperidine rings is 1. The summed E-state index contributed by atoms with van der Waals surface area (Å²) in [4.78, 5) is 35.9. The van der Waals surface area contributed by atoms with Gasteiger partial charge in [-0.2, -0.15) is 12.6 Å². The molecule has 1 heterocycles. The normalized spacial score (nSPS) is 31.2. The van der Waals surface area contributed by atoms with Gasteiger partial charge in [-0.3, -0.25) is 14.4 Å². The van der Waals surface area contributed by atoms with Gasteiger partial charge in [0.05, 0.1) is 6.16 Å². The SMILES string of the molecule is CC1CC(S)CNC1OC(CP(=O)(O)O)P(=O)(O)O. The highest BCUT2D eigenvalue weighted by atomic mass is 32.1. The molecule has 0 aliphatic carbocycles. The summed E-state index contributed by atoms with van der Waals surface area (Å²) in [6.45, 7) is 2.32. The molecule has 1 aliphatic heterocycles. The highest BCUT2D eigenvalue weighted by molar-refractivity contribution is 7.81. The van der Waals surface area contributed by atoms with Gasteiger partial charge in [0.25, 0.3) is 0 Å². The molecule has 0 aromatic heterocycles. The number of rotatable bonds is 5. The second-order valence-electron chi connectivity index (χ2n) is 4.72. The minimum absolute atomic E-state index is 0.0675. The van der Waals surface area contributed by atoms with Crippen LogP contribution in [0.5, 0.6) is 0 Å². The van der Waals surface area contributed by atoms with E-state index in [1.165, 1.54) is 0 Å². The van der Waals surface area contributed by atoms with Gasteiger partial charge >= 0.3 is 15.2 Å². The quantitative estimate of drug-likeness (QED) is 0.304. The van der Waals surface area contributed by atoms with Gasteiger partial charge in [0, 0.05) is 11.8 Å². The lowest BCUT2D eigenvalue weighted by molar-refractivity contribution is -0.0380. The summed E-state index contributed by atoms with van der Waals surface area (Å²) in [6, 6.07) is 0.